The third-order valence-electron chi connectivity index (χ3n) is 12.9. The smallest absolute Gasteiger partial charge is 0.410 e. The van der Waals surface area contributed by atoms with Crippen LogP contribution < -0.4 is 0 Å². The van der Waals surface area contributed by atoms with E-state index >= 15 is 4.79 Å². The normalized spacial score (nSPS) is 44.4. The molecule has 4 aliphatic carbocycles. The summed E-state index contributed by atoms with van der Waals surface area (Å²) >= 11 is 0. The number of amides is 1. The molecule has 2 spiro atoms. The minimum atomic E-state index is -2.13. The molecule has 3 aliphatic heterocycles. The number of carbonyl (C=O) groups excluding carboxylic acids is 3. The van der Waals surface area contributed by atoms with Crippen molar-refractivity contribution in [2.45, 2.75) is 123 Å². The second-order valence-corrected chi connectivity index (χ2v) is 16.8. The lowest BCUT2D eigenvalue weighted by Crippen LogP contribution is -2.92. The van der Waals surface area contributed by atoms with Crippen LogP contribution in [0.2, 0.25) is 0 Å². The summed E-state index contributed by atoms with van der Waals surface area (Å²) in [5.41, 5.74) is -3.91. The van der Waals surface area contributed by atoms with Crippen LogP contribution in [0.1, 0.15) is 93.4 Å². The van der Waals surface area contributed by atoms with E-state index in [9.17, 15) is 24.9 Å². The van der Waals surface area contributed by atoms with E-state index in [4.69, 9.17) is 14.2 Å². The molecule has 10 heteroatoms. The molecule has 1 amide bonds. The molecule has 10 nitrogen and oxygen atoms in total. The second kappa shape index (κ2) is 10.2. The number of piperidine rings is 1. The van der Waals surface area contributed by atoms with E-state index in [2.05, 4.69) is 27.4 Å². The number of aliphatic hydroxyl groups is 3. The van der Waals surface area contributed by atoms with Crippen molar-refractivity contribution in [3.8, 4) is 0 Å². The molecule has 45 heavy (non-hydrogen) atoms. The largest absolute Gasteiger partial charge is 0.462 e. The van der Waals surface area contributed by atoms with Gasteiger partial charge in [0, 0.05) is 37.3 Å². The molecule has 0 radical (unpaired) electrons. The third-order valence-corrected chi connectivity index (χ3v) is 12.9. The Morgan fingerprint density at radius 3 is 2.38 bits per heavy atom. The van der Waals surface area contributed by atoms with Crippen LogP contribution in [0.3, 0.4) is 0 Å². The van der Waals surface area contributed by atoms with Gasteiger partial charge in [-0.25, -0.2) is 4.79 Å². The van der Waals surface area contributed by atoms with Gasteiger partial charge in [-0.3, -0.25) is 9.59 Å². The summed E-state index contributed by atoms with van der Waals surface area (Å²) in [6.45, 7) is 18.3. The van der Waals surface area contributed by atoms with Gasteiger partial charge in [-0.2, -0.15) is 0 Å². The van der Waals surface area contributed by atoms with E-state index in [0.717, 1.165) is 12.8 Å². The van der Waals surface area contributed by atoms with Gasteiger partial charge in [0.05, 0.1) is 23.5 Å². The Kier molecular flexibility index (Phi) is 7.49. The zero-order valence-corrected chi connectivity index (χ0v) is 28.1. The first-order valence-electron chi connectivity index (χ1n) is 17.0. The van der Waals surface area contributed by atoms with Crippen molar-refractivity contribution in [2.75, 3.05) is 19.7 Å². The highest BCUT2D eigenvalue weighted by Gasteiger charge is 2.93. The number of hydrogen-bond acceptors (Lipinski definition) is 9. The fourth-order valence-corrected chi connectivity index (χ4v) is 11.3. The molecular weight excluding hydrogens is 578 g/mol. The molecule has 3 saturated heterocycles. The summed E-state index contributed by atoms with van der Waals surface area (Å²) in [5.74, 6) is -4.21. The molecule has 0 aromatic heterocycles. The second-order valence-electron chi connectivity index (χ2n) is 16.8. The van der Waals surface area contributed by atoms with Gasteiger partial charge in [0.15, 0.2) is 5.78 Å². The predicted molar refractivity (Wildman–Crippen MR) is 163 cm³/mol. The summed E-state index contributed by atoms with van der Waals surface area (Å²) in [7, 11) is 0. The average Bonchev–Trinajstić information content (AvgIpc) is 2.95. The maximum Gasteiger partial charge on any atom is 0.410 e. The fourth-order valence-electron chi connectivity index (χ4n) is 11.3. The zero-order chi connectivity index (χ0) is 33.1. The highest BCUT2D eigenvalue weighted by molar-refractivity contribution is 6.05. The molecule has 10 atom stereocenters. The average molecular weight is 632 g/mol. The minimum absolute atomic E-state index is 0.0758. The molecule has 3 heterocycles. The van der Waals surface area contributed by atoms with Crippen LogP contribution in [0.15, 0.2) is 12.2 Å². The highest BCUT2D eigenvalue weighted by Crippen LogP contribution is 2.84. The van der Waals surface area contributed by atoms with Crippen LogP contribution in [0.25, 0.3) is 0 Å². The summed E-state index contributed by atoms with van der Waals surface area (Å²) in [4.78, 5) is 41.7. The highest BCUT2D eigenvalue weighted by atomic mass is 16.6. The fraction of sp³-hybridized carbons (Fsp3) is 0.857. The molecule has 7 fully saturated rings. The van der Waals surface area contributed by atoms with Gasteiger partial charge in [-0.15, -0.1) is 0 Å². The lowest BCUT2D eigenvalue weighted by molar-refractivity contribution is -0.457. The van der Waals surface area contributed by atoms with Gasteiger partial charge in [-0.05, 0) is 76.5 Å². The van der Waals surface area contributed by atoms with E-state index in [1.807, 2.05) is 20.8 Å². The molecule has 0 aromatic rings. The lowest BCUT2D eigenvalue weighted by Gasteiger charge is -2.82. The van der Waals surface area contributed by atoms with Crippen molar-refractivity contribution in [3.05, 3.63) is 12.2 Å². The molecular formula is C35H53NO9. The molecule has 4 saturated carbocycles. The van der Waals surface area contributed by atoms with Crippen LogP contribution in [0, 0.1) is 45.3 Å². The molecule has 0 aromatic carbocycles. The lowest BCUT2D eigenvalue weighted by atomic mass is 9.22. The Hall–Kier alpha value is -2.01. The Balaban J connectivity index is 1.35. The number of esters is 1. The number of carbonyl (C=O) groups is 3. The van der Waals surface area contributed by atoms with Gasteiger partial charge in [0.25, 0.3) is 0 Å². The van der Waals surface area contributed by atoms with Gasteiger partial charge >= 0.3 is 12.1 Å². The van der Waals surface area contributed by atoms with Crippen molar-refractivity contribution in [1.29, 1.82) is 0 Å². The van der Waals surface area contributed by atoms with E-state index in [-0.39, 0.29) is 36.7 Å². The first-order chi connectivity index (χ1) is 20.8. The third kappa shape index (κ3) is 4.10. The van der Waals surface area contributed by atoms with Gasteiger partial charge < -0.3 is 34.4 Å². The first kappa shape index (κ1) is 32.9. The number of likely N-dealkylation sites (tertiary alicyclic amines) is 1. The molecule has 3 N–H and O–H groups in total. The predicted octanol–water partition coefficient (Wildman–Crippen LogP) is 3.99. The summed E-state index contributed by atoms with van der Waals surface area (Å²) in [6, 6.07) is 0. The number of ketones is 1. The quantitative estimate of drug-likeness (QED) is 0.303. The maximum absolute atomic E-state index is 15.0. The topological polar surface area (TPSA) is 143 Å². The number of aliphatic hydroxyl groups excluding tert-OH is 2. The van der Waals surface area contributed by atoms with Crippen molar-refractivity contribution in [2.24, 2.45) is 45.3 Å². The standard InChI is InChI=1S/C35H53NO9/c1-9-10-22-19(2)34(26(38)21-12-15-36(16-13-21)29(41)45-30(4,5)6)24(22)33(28(34)40)17-32-18-43-35(33,42)27(39)25(32)31(7,8)14-11-23(32)44-20(3)37/h21-27,38-39,42H,2,9-18H2,1,3-8H3. The Bertz CT molecular complexity index is 1280. The van der Waals surface area contributed by atoms with Gasteiger partial charge in [-0.1, -0.05) is 39.3 Å². The monoisotopic (exact) mass is 631 g/mol. The van der Waals surface area contributed by atoms with E-state index in [0.29, 0.717) is 44.3 Å². The maximum atomic E-state index is 15.0. The minimum Gasteiger partial charge on any atom is -0.462 e. The van der Waals surface area contributed by atoms with Crippen LogP contribution in [-0.2, 0) is 23.8 Å². The number of Topliss-reactive ketones (excluding diaryl/α,β-unsaturated/α-hetero) is 1. The molecule has 10 unspecified atom stereocenters. The van der Waals surface area contributed by atoms with Gasteiger partial charge in [0.2, 0.25) is 5.79 Å². The number of ether oxygens (including phenoxy) is 3. The van der Waals surface area contributed by atoms with Crippen molar-refractivity contribution in [3.63, 3.8) is 0 Å². The van der Waals surface area contributed by atoms with E-state index in [1.165, 1.54) is 6.92 Å². The Labute approximate surface area is 266 Å². The molecule has 7 rings (SSSR count). The van der Waals surface area contributed by atoms with Crippen LogP contribution >= 0.6 is 0 Å². The molecule has 7 aliphatic rings. The molecule has 252 valence electrons. The van der Waals surface area contributed by atoms with Crippen molar-refractivity contribution in [1.82, 2.24) is 4.90 Å². The summed E-state index contributed by atoms with van der Waals surface area (Å²) in [6.07, 6.45) is 0.650. The van der Waals surface area contributed by atoms with E-state index < -0.39 is 69.2 Å². The molecule has 2 bridgehead atoms. The Morgan fingerprint density at radius 1 is 1.16 bits per heavy atom. The SMILES string of the molecule is C=C1C(CCC)C2C1(C(O)C1CCN(C(=O)OC(C)(C)C)CC1)C(=O)C21CC23COC1(O)C(O)C2C(C)(C)CCC3OC(C)=O. The summed E-state index contributed by atoms with van der Waals surface area (Å²) < 4.78 is 17.7. The number of rotatable bonds is 5. The number of hydrogen-bond donors (Lipinski definition) is 3. The van der Waals surface area contributed by atoms with Gasteiger partial charge in [0.1, 0.15) is 17.8 Å². The van der Waals surface area contributed by atoms with Crippen LogP contribution in [-0.4, -0.2) is 87.5 Å². The number of fused-ring (bicyclic) bond motifs is 2. The Morgan fingerprint density at radius 2 is 1.80 bits per heavy atom. The summed E-state index contributed by atoms with van der Waals surface area (Å²) in [5, 5.41) is 36.7. The zero-order valence-electron chi connectivity index (χ0n) is 28.1. The van der Waals surface area contributed by atoms with Crippen LogP contribution in [0.4, 0.5) is 4.79 Å². The van der Waals surface area contributed by atoms with Crippen LogP contribution in [0.5, 0.6) is 0 Å². The van der Waals surface area contributed by atoms with Crippen molar-refractivity contribution < 1.29 is 43.9 Å². The van der Waals surface area contributed by atoms with E-state index in [1.54, 1.807) is 4.90 Å². The first-order valence-corrected chi connectivity index (χ1v) is 17.0. The van der Waals surface area contributed by atoms with Crippen molar-refractivity contribution >= 4 is 17.8 Å². The number of nitrogens with zero attached hydrogens (tertiary/aromatic N) is 1.